The van der Waals surface area contributed by atoms with Crippen molar-refractivity contribution in [2.45, 2.75) is 44.4 Å². The van der Waals surface area contributed by atoms with Crippen LogP contribution in [0.2, 0.25) is 0 Å². The number of unbranched alkanes of at least 4 members (excludes halogenated alkanes) is 2. The van der Waals surface area contributed by atoms with Crippen LogP contribution >= 0.6 is 0 Å². The molecule has 1 aromatic carbocycles. The van der Waals surface area contributed by atoms with Crippen molar-refractivity contribution < 1.29 is 8.42 Å². The zero-order valence-corrected chi connectivity index (χ0v) is 14.1. The average molecular weight is 320 g/mol. The molecule has 0 spiro atoms. The van der Waals surface area contributed by atoms with Gasteiger partial charge in [-0.05, 0) is 25.0 Å². The Hall–Kier alpha value is -1.46. The topological polar surface area (TPSA) is 50.3 Å². The summed E-state index contributed by atoms with van der Waals surface area (Å²) in [4.78, 5) is 4.46. The first-order valence-corrected chi connectivity index (χ1v) is 9.38. The monoisotopic (exact) mass is 320 g/mol. The number of nitrogens with zero attached hydrogens (tertiary/aromatic N) is 2. The molecule has 0 bridgehead atoms. The molecule has 0 fully saturated rings. The maximum Gasteiger partial charge on any atom is 0.243 e. The molecule has 0 N–H and O–H groups in total. The summed E-state index contributed by atoms with van der Waals surface area (Å²) < 4.78 is 27.8. The highest BCUT2D eigenvalue weighted by molar-refractivity contribution is 7.89. The first-order chi connectivity index (χ1) is 10.6. The van der Waals surface area contributed by atoms with Crippen molar-refractivity contribution in [1.82, 2.24) is 9.29 Å². The van der Waals surface area contributed by atoms with Crippen molar-refractivity contribution in [2.75, 3.05) is 13.1 Å². The largest absolute Gasteiger partial charge is 0.264 e. The van der Waals surface area contributed by atoms with E-state index in [-0.39, 0.29) is 0 Å². The number of rotatable bonds is 8. The van der Waals surface area contributed by atoms with Crippen LogP contribution in [0.5, 0.6) is 0 Å². The van der Waals surface area contributed by atoms with Crippen LogP contribution in [0.15, 0.2) is 41.6 Å². The second kappa shape index (κ2) is 7.70. The Morgan fingerprint density at radius 3 is 2.36 bits per heavy atom. The van der Waals surface area contributed by atoms with Crippen LogP contribution in [-0.4, -0.2) is 30.8 Å². The molecule has 0 atom stereocenters. The summed E-state index contributed by atoms with van der Waals surface area (Å²) in [6.45, 7) is 5.32. The molecule has 120 valence electrons. The van der Waals surface area contributed by atoms with Gasteiger partial charge < -0.3 is 0 Å². The van der Waals surface area contributed by atoms with Crippen LogP contribution < -0.4 is 0 Å². The van der Waals surface area contributed by atoms with Crippen LogP contribution in [0.25, 0.3) is 10.8 Å². The van der Waals surface area contributed by atoms with Crippen LogP contribution in [0.3, 0.4) is 0 Å². The van der Waals surface area contributed by atoms with Crippen molar-refractivity contribution in [3.63, 3.8) is 0 Å². The number of sulfonamides is 1. The van der Waals surface area contributed by atoms with Gasteiger partial charge >= 0.3 is 0 Å². The van der Waals surface area contributed by atoms with E-state index in [2.05, 4.69) is 18.8 Å². The van der Waals surface area contributed by atoms with Crippen molar-refractivity contribution >= 4 is 20.8 Å². The van der Waals surface area contributed by atoms with Crippen LogP contribution in [0.4, 0.5) is 0 Å². The van der Waals surface area contributed by atoms with Crippen molar-refractivity contribution in [3.8, 4) is 0 Å². The standard InChI is InChI=1S/C17H24N2O2S/c1-3-5-12-19(13-6-4-2)22(20,21)17-9-7-8-15-14-18-11-10-16(15)17/h7-11,14H,3-6,12-13H2,1-2H3. The number of pyridine rings is 1. The van der Waals surface area contributed by atoms with Gasteiger partial charge in [0, 0.05) is 36.3 Å². The molecule has 1 heterocycles. The van der Waals surface area contributed by atoms with Gasteiger partial charge in [-0.25, -0.2) is 8.42 Å². The van der Waals surface area contributed by atoms with E-state index < -0.39 is 10.0 Å². The van der Waals surface area contributed by atoms with E-state index in [4.69, 9.17) is 0 Å². The molecule has 0 aliphatic carbocycles. The third kappa shape index (κ3) is 3.65. The van der Waals surface area contributed by atoms with E-state index in [1.807, 2.05) is 6.07 Å². The van der Waals surface area contributed by atoms with Crippen LogP contribution in [0.1, 0.15) is 39.5 Å². The molecule has 2 rings (SSSR count). The molecule has 0 saturated carbocycles. The number of benzene rings is 1. The van der Waals surface area contributed by atoms with E-state index in [0.717, 1.165) is 36.5 Å². The lowest BCUT2D eigenvalue weighted by Crippen LogP contribution is -2.33. The van der Waals surface area contributed by atoms with Crippen molar-refractivity contribution in [2.24, 2.45) is 0 Å². The van der Waals surface area contributed by atoms with Gasteiger partial charge in [-0.1, -0.05) is 38.8 Å². The fourth-order valence-corrected chi connectivity index (χ4v) is 4.21. The predicted octanol–water partition coefficient (Wildman–Crippen LogP) is 3.83. The molecule has 0 unspecified atom stereocenters. The van der Waals surface area contributed by atoms with Gasteiger partial charge in [-0.2, -0.15) is 4.31 Å². The number of hydrogen-bond acceptors (Lipinski definition) is 3. The summed E-state index contributed by atoms with van der Waals surface area (Å²) in [6.07, 6.45) is 7.08. The zero-order valence-electron chi connectivity index (χ0n) is 13.3. The third-order valence-corrected chi connectivity index (χ3v) is 5.74. The fourth-order valence-electron chi connectivity index (χ4n) is 2.48. The quantitative estimate of drug-likeness (QED) is 0.743. The Balaban J connectivity index is 2.44. The molecular weight excluding hydrogens is 296 g/mol. The fraction of sp³-hybridized carbons (Fsp3) is 0.471. The van der Waals surface area contributed by atoms with Gasteiger partial charge in [-0.3, -0.25) is 4.98 Å². The van der Waals surface area contributed by atoms with E-state index >= 15 is 0 Å². The van der Waals surface area contributed by atoms with E-state index in [1.54, 1.807) is 34.9 Å². The van der Waals surface area contributed by atoms with Gasteiger partial charge in [0.1, 0.15) is 0 Å². The van der Waals surface area contributed by atoms with Crippen LogP contribution in [0, 0.1) is 0 Å². The van der Waals surface area contributed by atoms with Crippen molar-refractivity contribution in [3.05, 3.63) is 36.7 Å². The minimum absolute atomic E-state index is 0.389. The summed E-state index contributed by atoms with van der Waals surface area (Å²) in [7, 11) is -3.47. The van der Waals surface area contributed by atoms with Gasteiger partial charge in [-0.15, -0.1) is 0 Å². The summed E-state index contributed by atoms with van der Waals surface area (Å²) in [5, 5.41) is 1.60. The average Bonchev–Trinajstić information content (AvgIpc) is 2.54. The van der Waals surface area contributed by atoms with Gasteiger partial charge in [0.25, 0.3) is 0 Å². The number of fused-ring (bicyclic) bond motifs is 1. The maximum atomic E-state index is 13.1. The molecule has 0 aliphatic rings. The second-order valence-corrected chi connectivity index (χ2v) is 7.37. The van der Waals surface area contributed by atoms with Crippen molar-refractivity contribution in [1.29, 1.82) is 0 Å². The molecule has 0 aliphatic heterocycles. The molecule has 4 nitrogen and oxygen atoms in total. The number of hydrogen-bond donors (Lipinski definition) is 0. The van der Waals surface area contributed by atoms with Gasteiger partial charge in [0.15, 0.2) is 0 Å². The first-order valence-electron chi connectivity index (χ1n) is 7.94. The summed E-state index contributed by atoms with van der Waals surface area (Å²) in [5.41, 5.74) is 0. The number of aromatic nitrogens is 1. The smallest absolute Gasteiger partial charge is 0.243 e. The molecule has 0 amide bonds. The first kappa shape index (κ1) is 16.9. The Kier molecular flexibility index (Phi) is 5.91. The van der Waals surface area contributed by atoms with E-state index in [1.165, 1.54) is 0 Å². The zero-order chi connectivity index (χ0) is 16.0. The molecule has 22 heavy (non-hydrogen) atoms. The highest BCUT2D eigenvalue weighted by Crippen LogP contribution is 2.25. The molecule has 1 aromatic heterocycles. The molecule has 0 saturated heterocycles. The lowest BCUT2D eigenvalue weighted by molar-refractivity contribution is 0.395. The minimum atomic E-state index is -3.47. The maximum absolute atomic E-state index is 13.1. The normalized spacial score (nSPS) is 12.1. The van der Waals surface area contributed by atoms with Gasteiger partial charge in [0.2, 0.25) is 10.0 Å². The summed E-state index contributed by atoms with van der Waals surface area (Å²) in [5.74, 6) is 0. The highest BCUT2D eigenvalue weighted by Gasteiger charge is 2.25. The molecular formula is C17H24N2O2S. The van der Waals surface area contributed by atoms with E-state index in [0.29, 0.717) is 18.0 Å². The van der Waals surface area contributed by atoms with Crippen LogP contribution in [-0.2, 0) is 10.0 Å². The Morgan fingerprint density at radius 1 is 1.05 bits per heavy atom. The van der Waals surface area contributed by atoms with Gasteiger partial charge in [0.05, 0.1) is 4.90 Å². The Bertz CT molecular complexity index is 700. The van der Waals surface area contributed by atoms with E-state index in [9.17, 15) is 8.42 Å². The summed E-state index contributed by atoms with van der Waals surface area (Å²) >= 11 is 0. The highest BCUT2D eigenvalue weighted by atomic mass is 32.2. The molecule has 2 aromatic rings. The summed E-state index contributed by atoms with van der Waals surface area (Å²) in [6, 6.07) is 7.15. The molecule has 5 heteroatoms. The second-order valence-electron chi connectivity index (χ2n) is 5.46. The third-order valence-electron chi connectivity index (χ3n) is 3.78. The Morgan fingerprint density at radius 2 is 1.73 bits per heavy atom. The molecule has 0 radical (unpaired) electrons. The Labute approximate surface area is 133 Å². The lowest BCUT2D eigenvalue weighted by atomic mass is 10.2. The SMILES string of the molecule is CCCCN(CCCC)S(=O)(=O)c1cccc2cnccc12. The lowest BCUT2D eigenvalue weighted by Gasteiger charge is -2.22. The predicted molar refractivity (Wildman–Crippen MR) is 90.3 cm³/mol. The minimum Gasteiger partial charge on any atom is -0.264 e.